The van der Waals surface area contributed by atoms with E-state index in [1.54, 1.807) is 6.20 Å². The van der Waals surface area contributed by atoms with E-state index in [-0.39, 0.29) is 36.0 Å². The minimum Gasteiger partial charge on any atom is -0.368 e. The van der Waals surface area contributed by atoms with Gasteiger partial charge in [0.25, 0.3) is 5.91 Å². The highest BCUT2D eigenvalue weighted by Gasteiger charge is 2.30. The third kappa shape index (κ3) is 6.33. The molecule has 2 fully saturated rings. The fourth-order valence-corrected chi connectivity index (χ4v) is 3.57. The molecule has 2 atom stereocenters. The molecule has 2 aliphatic heterocycles. The first-order chi connectivity index (χ1) is 13.2. The Morgan fingerprint density at radius 1 is 1.32 bits per heavy atom. The molecule has 0 saturated carbocycles. The lowest BCUT2D eigenvalue weighted by Gasteiger charge is -2.37. The Morgan fingerprint density at radius 3 is 2.68 bits per heavy atom. The highest BCUT2D eigenvalue weighted by atomic mass is 127. The lowest BCUT2D eigenvalue weighted by molar-refractivity contribution is -0.142. The Kier molecular flexibility index (Phi) is 9.49. The van der Waals surface area contributed by atoms with Crippen LogP contribution in [0.4, 0.5) is 0 Å². The number of guanidine groups is 1. The molecule has 0 radical (unpaired) electrons. The Bertz CT molecular complexity index is 610. The summed E-state index contributed by atoms with van der Waals surface area (Å²) in [6, 6.07) is 1.94. The Labute approximate surface area is 184 Å². The van der Waals surface area contributed by atoms with Crippen LogP contribution in [-0.4, -0.2) is 83.4 Å². The number of piperazine rings is 1. The molecular weight excluding hydrogens is 471 g/mol. The molecule has 3 heterocycles. The average Bonchev–Trinajstić information content (AvgIpc) is 3.39. The molecule has 28 heavy (non-hydrogen) atoms. The Hall–Kier alpha value is -1.36. The third-order valence-corrected chi connectivity index (χ3v) is 5.04. The van der Waals surface area contributed by atoms with Gasteiger partial charge in [-0.25, -0.2) is 0 Å². The molecule has 2 aliphatic rings. The molecule has 1 amide bonds. The van der Waals surface area contributed by atoms with Crippen LogP contribution in [0.1, 0.15) is 26.7 Å². The number of hydrogen-bond acceptors (Lipinski definition) is 4. The van der Waals surface area contributed by atoms with Crippen LogP contribution in [-0.2, 0) is 16.1 Å². The van der Waals surface area contributed by atoms with Gasteiger partial charge in [-0.1, -0.05) is 6.92 Å². The quantitative estimate of drug-likeness (QED) is 0.361. The number of nitrogens with one attached hydrogen (secondary N) is 1. The maximum absolute atomic E-state index is 12.5. The van der Waals surface area contributed by atoms with Crippen LogP contribution in [0.5, 0.6) is 0 Å². The van der Waals surface area contributed by atoms with E-state index in [1.165, 1.54) is 0 Å². The first-order valence-electron chi connectivity index (χ1n) is 10.1. The molecule has 8 nitrogen and oxygen atoms in total. The van der Waals surface area contributed by atoms with Gasteiger partial charge in [0.15, 0.2) is 5.96 Å². The number of nitrogens with zero attached hydrogens (tertiary/aromatic N) is 5. The number of aromatic nitrogens is 2. The molecular formula is C19H33IN6O2. The molecule has 0 aromatic carbocycles. The molecule has 158 valence electrons. The van der Waals surface area contributed by atoms with E-state index in [4.69, 9.17) is 9.73 Å². The van der Waals surface area contributed by atoms with Gasteiger partial charge in [-0.15, -0.1) is 24.0 Å². The first kappa shape index (κ1) is 22.9. The van der Waals surface area contributed by atoms with Gasteiger partial charge in [-0.2, -0.15) is 5.10 Å². The number of carbonyl (C=O) groups excluding carboxylic acids is 1. The van der Waals surface area contributed by atoms with Gasteiger partial charge in [0.1, 0.15) is 6.10 Å². The van der Waals surface area contributed by atoms with Crippen molar-refractivity contribution in [1.82, 2.24) is 24.9 Å². The van der Waals surface area contributed by atoms with Crippen LogP contribution >= 0.6 is 24.0 Å². The molecule has 0 spiro atoms. The normalized spacial score (nSPS) is 21.4. The zero-order valence-corrected chi connectivity index (χ0v) is 19.2. The Balaban J connectivity index is 0.00000280. The second-order valence-electron chi connectivity index (χ2n) is 7.34. The van der Waals surface area contributed by atoms with Crippen molar-refractivity contribution in [3.05, 3.63) is 18.5 Å². The largest absolute Gasteiger partial charge is 0.368 e. The van der Waals surface area contributed by atoms with Crippen LogP contribution in [0, 0.1) is 5.92 Å². The summed E-state index contributed by atoms with van der Waals surface area (Å²) in [5.41, 5.74) is 0. The maximum Gasteiger partial charge on any atom is 0.251 e. The fraction of sp³-hybridized carbons (Fsp3) is 0.737. The average molecular weight is 504 g/mol. The number of rotatable bonds is 6. The number of carbonyl (C=O) groups is 1. The molecule has 0 aliphatic carbocycles. The lowest BCUT2D eigenvalue weighted by Crippen LogP contribution is -2.55. The summed E-state index contributed by atoms with van der Waals surface area (Å²) in [4.78, 5) is 21.5. The van der Waals surface area contributed by atoms with Gasteiger partial charge >= 0.3 is 0 Å². The Morgan fingerprint density at radius 2 is 2.07 bits per heavy atom. The van der Waals surface area contributed by atoms with Gasteiger partial charge in [0.05, 0.1) is 0 Å². The second-order valence-corrected chi connectivity index (χ2v) is 7.34. The highest BCUT2D eigenvalue weighted by molar-refractivity contribution is 14.0. The van der Waals surface area contributed by atoms with Crippen molar-refractivity contribution in [3.8, 4) is 0 Å². The zero-order valence-electron chi connectivity index (χ0n) is 16.9. The monoisotopic (exact) mass is 504 g/mol. The van der Waals surface area contributed by atoms with E-state index in [9.17, 15) is 4.79 Å². The number of halogens is 1. The van der Waals surface area contributed by atoms with Gasteiger partial charge in [-0.3, -0.25) is 14.5 Å². The van der Waals surface area contributed by atoms with Crippen LogP contribution in [0.15, 0.2) is 23.5 Å². The van der Waals surface area contributed by atoms with Crippen molar-refractivity contribution >= 4 is 35.8 Å². The zero-order chi connectivity index (χ0) is 19.1. The van der Waals surface area contributed by atoms with Gasteiger partial charge in [0.2, 0.25) is 0 Å². The predicted octanol–water partition coefficient (Wildman–Crippen LogP) is 1.43. The summed E-state index contributed by atoms with van der Waals surface area (Å²) in [5.74, 6) is 1.50. The van der Waals surface area contributed by atoms with E-state index >= 15 is 0 Å². The maximum atomic E-state index is 12.5. The molecule has 1 aromatic heterocycles. The van der Waals surface area contributed by atoms with E-state index < -0.39 is 0 Å². The molecule has 0 bridgehead atoms. The van der Waals surface area contributed by atoms with E-state index in [0.29, 0.717) is 12.5 Å². The van der Waals surface area contributed by atoms with E-state index in [2.05, 4.69) is 29.2 Å². The SMILES string of the molecule is CCNC(=NCC(C)Cn1cccn1)N1CCN(C(=O)C2CCCO2)CC1.I. The van der Waals surface area contributed by atoms with Crippen LogP contribution in [0.2, 0.25) is 0 Å². The standard InChI is InChI=1S/C19H32N6O2.HI/c1-3-20-19(21-14-16(2)15-25-8-5-7-22-25)24-11-9-23(10-12-24)18(26)17-6-4-13-27-17;/h5,7-8,16-17H,3-4,6,9-15H2,1-2H3,(H,20,21);1H. The van der Waals surface area contributed by atoms with Gasteiger partial charge in [-0.05, 0) is 31.7 Å². The molecule has 2 unspecified atom stereocenters. The van der Waals surface area contributed by atoms with E-state index in [0.717, 1.165) is 64.6 Å². The summed E-state index contributed by atoms with van der Waals surface area (Å²) < 4.78 is 7.49. The molecule has 3 rings (SSSR count). The van der Waals surface area contributed by atoms with Crippen molar-refractivity contribution in [2.45, 2.75) is 39.3 Å². The minimum atomic E-state index is -0.221. The summed E-state index contributed by atoms with van der Waals surface area (Å²) >= 11 is 0. The lowest BCUT2D eigenvalue weighted by atomic mass is 10.2. The third-order valence-electron chi connectivity index (χ3n) is 5.04. The molecule has 1 N–H and O–H groups in total. The summed E-state index contributed by atoms with van der Waals surface area (Å²) in [6.07, 6.45) is 5.41. The minimum absolute atomic E-state index is 0. The van der Waals surface area contributed by atoms with Gasteiger partial charge < -0.3 is 19.9 Å². The second kappa shape index (κ2) is 11.6. The van der Waals surface area contributed by atoms with Crippen LogP contribution in [0.3, 0.4) is 0 Å². The molecule has 1 aromatic rings. The van der Waals surface area contributed by atoms with Crippen LogP contribution in [0.25, 0.3) is 0 Å². The number of ether oxygens (including phenoxy) is 1. The number of amides is 1. The van der Waals surface area contributed by atoms with Gasteiger partial charge in [0, 0.05) is 64.8 Å². The number of aliphatic imine (C=N–C) groups is 1. The predicted molar refractivity (Wildman–Crippen MR) is 120 cm³/mol. The topological polar surface area (TPSA) is 75.0 Å². The van der Waals surface area contributed by atoms with Crippen molar-refractivity contribution < 1.29 is 9.53 Å². The smallest absolute Gasteiger partial charge is 0.251 e. The van der Waals surface area contributed by atoms with Crippen molar-refractivity contribution in [1.29, 1.82) is 0 Å². The van der Waals surface area contributed by atoms with Crippen LogP contribution < -0.4 is 5.32 Å². The number of hydrogen-bond donors (Lipinski definition) is 1. The van der Waals surface area contributed by atoms with Crippen molar-refractivity contribution in [2.75, 3.05) is 45.9 Å². The molecule has 2 saturated heterocycles. The van der Waals surface area contributed by atoms with E-state index in [1.807, 2.05) is 21.8 Å². The summed E-state index contributed by atoms with van der Waals surface area (Å²) in [5, 5.41) is 7.65. The summed E-state index contributed by atoms with van der Waals surface area (Å²) in [6.45, 7) is 10.5. The fourth-order valence-electron chi connectivity index (χ4n) is 3.57. The summed E-state index contributed by atoms with van der Waals surface area (Å²) in [7, 11) is 0. The molecule has 9 heteroatoms. The first-order valence-corrected chi connectivity index (χ1v) is 10.1. The van der Waals surface area contributed by atoms with Crippen molar-refractivity contribution in [2.24, 2.45) is 10.9 Å². The highest BCUT2D eigenvalue weighted by Crippen LogP contribution is 2.16. The van der Waals surface area contributed by atoms with Crippen molar-refractivity contribution in [3.63, 3.8) is 0 Å².